The lowest BCUT2D eigenvalue weighted by molar-refractivity contribution is -0.137. The van der Waals surface area contributed by atoms with E-state index in [1.165, 1.54) is 23.2 Å². The fourth-order valence-corrected chi connectivity index (χ4v) is 3.66. The van der Waals surface area contributed by atoms with E-state index in [2.05, 4.69) is 15.3 Å². The highest BCUT2D eigenvalue weighted by molar-refractivity contribution is 6.09. The van der Waals surface area contributed by atoms with Crippen LogP contribution in [0.2, 0.25) is 0 Å². The summed E-state index contributed by atoms with van der Waals surface area (Å²) in [7, 11) is 0. The summed E-state index contributed by atoms with van der Waals surface area (Å²) in [6.45, 7) is 1.96. The highest BCUT2D eigenvalue weighted by Gasteiger charge is 2.30. The predicted octanol–water partition coefficient (Wildman–Crippen LogP) is 4.90. The number of piperidine rings is 1. The van der Waals surface area contributed by atoms with Crippen LogP contribution in [0.1, 0.15) is 30.4 Å². The summed E-state index contributed by atoms with van der Waals surface area (Å²) in [6, 6.07) is 12.1. The molecule has 1 fully saturated rings. The maximum Gasteiger partial charge on any atom is 0.416 e. The third kappa shape index (κ3) is 4.65. The Morgan fingerprint density at radius 1 is 1.00 bits per heavy atom. The molecule has 2 heterocycles. The molecule has 162 valence electrons. The van der Waals surface area contributed by atoms with Crippen molar-refractivity contribution in [1.82, 2.24) is 9.78 Å². The maximum absolute atomic E-state index is 13.0. The Kier molecular flexibility index (Phi) is 5.58. The van der Waals surface area contributed by atoms with Gasteiger partial charge in [0, 0.05) is 42.3 Å². The van der Waals surface area contributed by atoms with Crippen LogP contribution in [0.3, 0.4) is 0 Å². The largest absolute Gasteiger partial charge is 0.416 e. The molecule has 31 heavy (non-hydrogen) atoms. The Hall–Kier alpha value is -3.49. The summed E-state index contributed by atoms with van der Waals surface area (Å²) >= 11 is 0. The Morgan fingerprint density at radius 3 is 2.52 bits per heavy atom. The van der Waals surface area contributed by atoms with Crippen LogP contribution in [-0.2, 0) is 6.18 Å². The molecule has 0 unspecified atom stereocenters. The number of amidine groups is 1. The number of nitrogens with zero attached hydrogens (tertiary/aromatic N) is 3. The van der Waals surface area contributed by atoms with Crippen LogP contribution >= 0.6 is 0 Å². The standard InChI is InChI=1S/C22H23F3N6/c23-22(24,25)15-5-4-6-17(13-15)31-12-9-20(29-31)28-21(27)18-14-16(7-8-19(18)26)30-10-2-1-3-11-30/h4-9,12-14H,1-3,10-11,26H2,(H2,27,28,29). The van der Waals surface area contributed by atoms with Crippen LogP contribution in [0.15, 0.2) is 54.7 Å². The Labute approximate surface area is 178 Å². The lowest BCUT2D eigenvalue weighted by Gasteiger charge is -2.29. The van der Waals surface area contributed by atoms with Gasteiger partial charge in [0.15, 0.2) is 5.82 Å². The van der Waals surface area contributed by atoms with Gasteiger partial charge in [0.1, 0.15) is 5.84 Å². The summed E-state index contributed by atoms with van der Waals surface area (Å²) in [5.41, 5.74) is 7.67. The molecule has 0 spiro atoms. The minimum atomic E-state index is -4.43. The van der Waals surface area contributed by atoms with E-state index in [9.17, 15) is 13.2 Å². The lowest BCUT2D eigenvalue weighted by atomic mass is 10.1. The first-order chi connectivity index (χ1) is 14.8. The van der Waals surface area contributed by atoms with Crippen molar-refractivity contribution in [2.45, 2.75) is 25.4 Å². The molecule has 1 saturated heterocycles. The van der Waals surface area contributed by atoms with Crippen LogP contribution < -0.4 is 16.0 Å². The van der Waals surface area contributed by atoms with E-state index in [4.69, 9.17) is 11.1 Å². The van der Waals surface area contributed by atoms with E-state index in [1.54, 1.807) is 18.3 Å². The normalized spacial score (nSPS) is 14.5. The van der Waals surface area contributed by atoms with Gasteiger partial charge in [-0.15, -0.1) is 0 Å². The van der Waals surface area contributed by atoms with Crippen LogP contribution in [0.5, 0.6) is 0 Å². The number of rotatable bonds is 4. The van der Waals surface area contributed by atoms with Crippen molar-refractivity contribution >= 4 is 23.0 Å². The molecule has 3 aromatic rings. The molecule has 1 aromatic heterocycles. The smallest absolute Gasteiger partial charge is 0.398 e. The summed E-state index contributed by atoms with van der Waals surface area (Å²) in [4.78, 5) is 2.28. The zero-order valence-electron chi connectivity index (χ0n) is 16.8. The summed E-state index contributed by atoms with van der Waals surface area (Å²) < 4.78 is 40.2. The summed E-state index contributed by atoms with van der Waals surface area (Å²) in [5, 5.41) is 15.6. The highest BCUT2D eigenvalue weighted by atomic mass is 19.4. The third-order valence-electron chi connectivity index (χ3n) is 5.31. The zero-order chi connectivity index (χ0) is 22.0. The second-order valence-corrected chi connectivity index (χ2v) is 7.51. The second-order valence-electron chi connectivity index (χ2n) is 7.51. The van der Waals surface area contributed by atoms with Crippen LogP contribution in [0.4, 0.5) is 30.4 Å². The van der Waals surface area contributed by atoms with Crippen molar-refractivity contribution in [1.29, 1.82) is 5.41 Å². The van der Waals surface area contributed by atoms with E-state index in [-0.39, 0.29) is 11.5 Å². The van der Waals surface area contributed by atoms with E-state index >= 15 is 0 Å². The van der Waals surface area contributed by atoms with Crippen molar-refractivity contribution in [2.24, 2.45) is 0 Å². The minimum Gasteiger partial charge on any atom is -0.398 e. The van der Waals surface area contributed by atoms with Crippen molar-refractivity contribution in [2.75, 3.05) is 29.0 Å². The molecule has 4 N–H and O–H groups in total. The molecule has 1 aliphatic heterocycles. The lowest BCUT2D eigenvalue weighted by Crippen LogP contribution is -2.29. The molecule has 0 atom stereocenters. The Balaban J connectivity index is 1.52. The van der Waals surface area contributed by atoms with Crippen LogP contribution in [0, 0.1) is 5.41 Å². The molecular formula is C22H23F3N6. The van der Waals surface area contributed by atoms with E-state index in [0.717, 1.165) is 43.8 Å². The molecule has 6 nitrogen and oxygen atoms in total. The van der Waals surface area contributed by atoms with Crippen LogP contribution in [0.25, 0.3) is 5.69 Å². The van der Waals surface area contributed by atoms with E-state index in [0.29, 0.717) is 17.1 Å². The quantitative estimate of drug-likeness (QED) is 0.314. The van der Waals surface area contributed by atoms with Crippen molar-refractivity contribution in [3.8, 4) is 5.69 Å². The molecule has 9 heteroatoms. The van der Waals surface area contributed by atoms with E-state index < -0.39 is 11.7 Å². The van der Waals surface area contributed by atoms with Crippen molar-refractivity contribution in [3.63, 3.8) is 0 Å². The van der Waals surface area contributed by atoms with Gasteiger partial charge in [-0.3, -0.25) is 5.41 Å². The summed E-state index contributed by atoms with van der Waals surface area (Å²) in [5.74, 6) is 0.413. The molecule has 4 rings (SSSR count). The number of hydrogen-bond donors (Lipinski definition) is 3. The Bertz CT molecular complexity index is 1080. The molecule has 0 radical (unpaired) electrons. The van der Waals surface area contributed by atoms with Crippen LogP contribution in [-0.4, -0.2) is 28.7 Å². The zero-order valence-corrected chi connectivity index (χ0v) is 16.8. The number of anilines is 3. The highest BCUT2D eigenvalue weighted by Crippen LogP contribution is 2.30. The number of benzene rings is 2. The second kappa shape index (κ2) is 8.33. The Morgan fingerprint density at radius 2 is 1.77 bits per heavy atom. The van der Waals surface area contributed by atoms with Gasteiger partial charge in [-0.05, 0) is 55.7 Å². The molecule has 0 bridgehead atoms. The molecule has 0 amide bonds. The van der Waals surface area contributed by atoms with E-state index in [1.807, 2.05) is 12.1 Å². The molecule has 0 saturated carbocycles. The minimum absolute atomic E-state index is 0.0747. The van der Waals surface area contributed by atoms with Gasteiger partial charge < -0.3 is 16.0 Å². The van der Waals surface area contributed by atoms with Gasteiger partial charge in [0.25, 0.3) is 0 Å². The average molecular weight is 428 g/mol. The number of nitrogens with one attached hydrogen (secondary N) is 2. The predicted molar refractivity (Wildman–Crippen MR) is 116 cm³/mol. The van der Waals surface area contributed by atoms with Gasteiger partial charge >= 0.3 is 6.18 Å². The molecule has 2 aromatic carbocycles. The topological polar surface area (TPSA) is 83.0 Å². The monoisotopic (exact) mass is 428 g/mol. The number of nitrogen functional groups attached to an aromatic ring is 1. The number of hydrogen-bond acceptors (Lipinski definition) is 4. The molecular weight excluding hydrogens is 405 g/mol. The SMILES string of the molecule is N=C(Nc1ccn(-c2cccc(C(F)(F)F)c2)n1)c1cc(N2CCCCC2)ccc1N. The van der Waals surface area contributed by atoms with Gasteiger partial charge in [-0.2, -0.15) is 18.3 Å². The molecule has 1 aliphatic rings. The average Bonchev–Trinajstić information content (AvgIpc) is 3.22. The first-order valence-corrected chi connectivity index (χ1v) is 10.0. The fraction of sp³-hybridized carbons (Fsp3) is 0.273. The van der Waals surface area contributed by atoms with Gasteiger partial charge in [-0.25, -0.2) is 4.68 Å². The van der Waals surface area contributed by atoms with Gasteiger partial charge in [0.05, 0.1) is 11.3 Å². The number of aromatic nitrogens is 2. The number of nitrogens with two attached hydrogens (primary N) is 1. The first-order valence-electron chi connectivity index (χ1n) is 10.0. The third-order valence-corrected chi connectivity index (χ3v) is 5.31. The fourth-order valence-electron chi connectivity index (χ4n) is 3.66. The van der Waals surface area contributed by atoms with Gasteiger partial charge in [-0.1, -0.05) is 6.07 Å². The van der Waals surface area contributed by atoms with Crippen molar-refractivity contribution < 1.29 is 13.2 Å². The first kappa shape index (κ1) is 20.8. The van der Waals surface area contributed by atoms with Crippen molar-refractivity contribution in [3.05, 3.63) is 65.9 Å². The summed E-state index contributed by atoms with van der Waals surface area (Å²) in [6.07, 6.45) is 0.622. The van der Waals surface area contributed by atoms with Gasteiger partial charge in [0.2, 0.25) is 0 Å². The molecule has 0 aliphatic carbocycles. The number of halogens is 3. The number of alkyl halides is 3. The maximum atomic E-state index is 13.0.